The molecule has 0 aromatic carbocycles. The van der Waals surface area contributed by atoms with E-state index in [4.69, 9.17) is 16.6 Å². The van der Waals surface area contributed by atoms with E-state index in [1.165, 1.54) is 11.3 Å². The molecule has 104 valence electrons. The van der Waals surface area contributed by atoms with Crippen LogP contribution < -0.4 is 5.56 Å². The minimum absolute atomic E-state index is 0.0514. The third kappa shape index (κ3) is 1.96. The van der Waals surface area contributed by atoms with E-state index in [9.17, 15) is 4.79 Å². The average Bonchev–Trinajstić information content (AvgIpc) is 2.95. The first kappa shape index (κ1) is 13.3. The average molecular weight is 306 g/mol. The number of H-pyrrole nitrogens is 1. The van der Waals surface area contributed by atoms with E-state index in [-0.39, 0.29) is 11.6 Å². The summed E-state index contributed by atoms with van der Waals surface area (Å²) in [5.41, 5.74) is 1.73. The standard InChI is InChI=1S/C14H14N2O2S2/c1-7-6-10(9(3)18-7)8(2)16-13(17)12-11(4-5-20-12)15-14(16)19/h4-6,8H,1-3H3,(H,15,19). The van der Waals surface area contributed by atoms with E-state index in [0.717, 1.165) is 22.6 Å². The van der Waals surface area contributed by atoms with Crippen LogP contribution in [0.3, 0.4) is 0 Å². The Morgan fingerprint density at radius 1 is 1.45 bits per heavy atom. The highest BCUT2D eigenvalue weighted by molar-refractivity contribution is 7.71. The van der Waals surface area contributed by atoms with Gasteiger partial charge in [0.15, 0.2) is 4.77 Å². The number of hydrogen-bond acceptors (Lipinski definition) is 4. The van der Waals surface area contributed by atoms with E-state index < -0.39 is 0 Å². The number of thiophene rings is 1. The van der Waals surface area contributed by atoms with Crippen molar-refractivity contribution in [2.45, 2.75) is 26.8 Å². The van der Waals surface area contributed by atoms with Gasteiger partial charge in [-0.15, -0.1) is 11.3 Å². The maximum atomic E-state index is 12.6. The summed E-state index contributed by atoms with van der Waals surface area (Å²) >= 11 is 6.77. The molecule has 1 unspecified atom stereocenters. The zero-order chi connectivity index (χ0) is 14.4. The van der Waals surface area contributed by atoms with Crippen molar-refractivity contribution in [2.75, 3.05) is 0 Å². The molecule has 20 heavy (non-hydrogen) atoms. The number of aromatic amines is 1. The molecule has 3 heterocycles. The number of fused-ring (bicyclic) bond motifs is 1. The zero-order valence-corrected chi connectivity index (χ0v) is 13.0. The zero-order valence-electron chi connectivity index (χ0n) is 11.4. The highest BCUT2D eigenvalue weighted by Gasteiger charge is 2.18. The van der Waals surface area contributed by atoms with Gasteiger partial charge >= 0.3 is 0 Å². The smallest absolute Gasteiger partial charge is 0.272 e. The van der Waals surface area contributed by atoms with Crippen LogP contribution in [0.15, 0.2) is 26.7 Å². The lowest BCUT2D eigenvalue weighted by Crippen LogP contribution is -2.25. The summed E-state index contributed by atoms with van der Waals surface area (Å²) in [6.07, 6.45) is 0. The van der Waals surface area contributed by atoms with Gasteiger partial charge in [-0.3, -0.25) is 9.36 Å². The maximum Gasteiger partial charge on any atom is 0.272 e. The Labute approximate surface area is 124 Å². The second kappa shape index (κ2) is 4.71. The van der Waals surface area contributed by atoms with Gasteiger partial charge in [-0.2, -0.15) is 0 Å². The molecule has 0 saturated heterocycles. The normalized spacial score (nSPS) is 12.9. The van der Waals surface area contributed by atoms with Gasteiger partial charge in [0.2, 0.25) is 0 Å². The Morgan fingerprint density at radius 2 is 2.20 bits per heavy atom. The molecule has 6 heteroatoms. The largest absolute Gasteiger partial charge is 0.466 e. The molecule has 3 aromatic heterocycles. The Balaban J connectivity index is 2.26. The minimum atomic E-state index is -0.157. The molecule has 3 rings (SSSR count). The van der Waals surface area contributed by atoms with Crippen molar-refractivity contribution < 1.29 is 4.42 Å². The molecule has 0 amide bonds. The van der Waals surface area contributed by atoms with Crippen molar-refractivity contribution in [3.8, 4) is 0 Å². The van der Waals surface area contributed by atoms with Crippen LogP contribution in [-0.2, 0) is 0 Å². The minimum Gasteiger partial charge on any atom is -0.466 e. The molecule has 1 N–H and O–H groups in total. The number of rotatable bonds is 2. The first-order valence-corrected chi connectivity index (χ1v) is 7.57. The fourth-order valence-corrected chi connectivity index (χ4v) is 3.64. The van der Waals surface area contributed by atoms with E-state index in [0.29, 0.717) is 9.47 Å². The summed E-state index contributed by atoms with van der Waals surface area (Å²) in [7, 11) is 0. The van der Waals surface area contributed by atoms with Gasteiger partial charge < -0.3 is 9.40 Å². The van der Waals surface area contributed by atoms with Crippen molar-refractivity contribution >= 4 is 33.8 Å². The molecular weight excluding hydrogens is 292 g/mol. The third-order valence-electron chi connectivity index (χ3n) is 3.46. The Hall–Kier alpha value is -1.66. The fourth-order valence-electron chi connectivity index (χ4n) is 2.51. The van der Waals surface area contributed by atoms with Gasteiger partial charge in [-0.05, 0) is 50.5 Å². The molecule has 4 nitrogen and oxygen atoms in total. The lowest BCUT2D eigenvalue weighted by Gasteiger charge is -2.14. The first-order valence-electron chi connectivity index (χ1n) is 6.28. The summed E-state index contributed by atoms with van der Waals surface area (Å²) in [5, 5.41) is 1.89. The molecule has 0 radical (unpaired) electrons. The molecule has 0 fully saturated rings. The van der Waals surface area contributed by atoms with E-state index in [2.05, 4.69) is 4.98 Å². The quantitative estimate of drug-likeness (QED) is 0.730. The molecule has 0 spiro atoms. The van der Waals surface area contributed by atoms with Crippen LogP contribution in [0.1, 0.15) is 30.0 Å². The maximum absolute atomic E-state index is 12.6. The second-order valence-corrected chi connectivity index (χ2v) is 6.12. The number of furan rings is 1. The van der Waals surface area contributed by atoms with Crippen molar-refractivity contribution in [3.63, 3.8) is 0 Å². The topological polar surface area (TPSA) is 50.9 Å². The number of hydrogen-bond donors (Lipinski definition) is 1. The van der Waals surface area contributed by atoms with Crippen molar-refractivity contribution in [1.29, 1.82) is 0 Å². The molecule has 0 aliphatic heterocycles. The van der Waals surface area contributed by atoms with Crippen LogP contribution in [0.2, 0.25) is 0 Å². The van der Waals surface area contributed by atoms with Crippen LogP contribution in [0.4, 0.5) is 0 Å². The number of aryl methyl sites for hydroxylation is 2. The summed E-state index contributed by atoms with van der Waals surface area (Å²) in [4.78, 5) is 15.7. The highest BCUT2D eigenvalue weighted by atomic mass is 32.1. The van der Waals surface area contributed by atoms with Gasteiger partial charge in [0.1, 0.15) is 16.2 Å². The third-order valence-corrected chi connectivity index (χ3v) is 4.66. The van der Waals surface area contributed by atoms with Gasteiger partial charge in [-0.25, -0.2) is 0 Å². The van der Waals surface area contributed by atoms with Crippen LogP contribution in [0.5, 0.6) is 0 Å². The van der Waals surface area contributed by atoms with Gasteiger partial charge in [0, 0.05) is 5.56 Å². The van der Waals surface area contributed by atoms with Crippen LogP contribution in [0, 0.1) is 18.6 Å². The van der Waals surface area contributed by atoms with E-state index in [1.807, 2.05) is 38.3 Å². The number of nitrogens with one attached hydrogen (secondary N) is 1. The Kier molecular flexibility index (Phi) is 3.14. The van der Waals surface area contributed by atoms with E-state index in [1.54, 1.807) is 4.57 Å². The molecule has 3 aromatic rings. The fraction of sp³-hybridized carbons (Fsp3) is 0.286. The SMILES string of the molecule is Cc1cc(C(C)n2c(=S)[nH]c3ccsc3c2=O)c(C)o1. The lowest BCUT2D eigenvalue weighted by molar-refractivity contribution is 0.492. The van der Waals surface area contributed by atoms with Crippen molar-refractivity contribution in [1.82, 2.24) is 9.55 Å². The molecule has 0 bridgehead atoms. The van der Waals surface area contributed by atoms with Crippen LogP contribution in [-0.4, -0.2) is 9.55 Å². The van der Waals surface area contributed by atoms with Gasteiger partial charge in [0.25, 0.3) is 5.56 Å². The predicted molar refractivity (Wildman–Crippen MR) is 83.3 cm³/mol. The lowest BCUT2D eigenvalue weighted by atomic mass is 10.1. The molecule has 0 aliphatic rings. The summed E-state index contributed by atoms with van der Waals surface area (Å²) in [6.45, 7) is 5.76. The summed E-state index contributed by atoms with van der Waals surface area (Å²) in [5.74, 6) is 1.66. The second-order valence-electron chi connectivity index (χ2n) is 4.81. The highest BCUT2D eigenvalue weighted by Crippen LogP contribution is 2.25. The first-order chi connectivity index (χ1) is 9.49. The van der Waals surface area contributed by atoms with Crippen LogP contribution >= 0.6 is 23.6 Å². The predicted octanol–water partition coefficient (Wildman–Crippen LogP) is 3.94. The summed E-state index contributed by atoms with van der Waals surface area (Å²) in [6, 6.07) is 3.68. The van der Waals surface area contributed by atoms with Gasteiger partial charge in [0.05, 0.1) is 11.6 Å². The van der Waals surface area contributed by atoms with Crippen molar-refractivity contribution in [2.24, 2.45) is 0 Å². The van der Waals surface area contributed by atoms with Gasteiger partial charge in [-0.1, -0.05) is 0 Å². The van der Waals surface area contributed by atoms with Crippen LogP contribution in [0.25, 0.3) is 10.2 Å². The Bertz CT molecular complexity index is 898. The molecule has 0 saturated carbocycles. The molecular formula is C14H14N2O2S2. The van der Waals surface area contributed by atoms with E-state index >= 15 is 0 Å². The molecule has 0 aliphatic carbocycles. The number of aromatic nitrogens is 2. The molecule has 1 atom stereocenters. The Morgan fingerprint density at radius 3 is 2.85 bits per heavy atom. The number of nitrogens with zero attached hydrogens (tertiary/aromatic N) is 1. The monoisotopic (exact) mass is 306 g/mol. The summed E-state index contributed by atoms with van der Waals surface area (Å²) < 4.78 is 8.30. The van der Waals surface area contributed by atoms with Crippen molar-refractivity contribution in [3.05, 3.63) is 49.7 Å².